The number of aryl methyl sites for hydroxylation is 1. The number of nitrogens with two attached hydrogens (primary N) is 1. The SMILES string of the molecule is Cc1csc(SCC(=O)N(C)c2ccc(N)cc2)n1. The molecule has 1 amide bonds. The molecule has 1 heterocycles. The number of amides is 1. The summed E-state index contributed by atoms with van der Waals surface area (Å²) in [5, 5.41) is 1.98. The van der Waals surface area contributed by atoms with Gasteiger partial charge in [-0.05, 0) is 31.2 Å². The van der Waals surface area contributed by atoms with Crippen LogP contribution in [0.5, 0.6) is 0 Å². The smallest absolute Gasteiger partial charge is 0.237 e. The summed E-state index contributed by atoms with van der Waals surface area (Å²) in [7, 11) is 1.77. The molecule has 1 aromatic carbocycles. The average molecular weight is 293 g/mol. The minimum absolute atomic E-state index is 0.0441. The zero-order valence-corrected chi connectivity index (χ0v) is 12.4. The van der Waals surface area contributed by atoms with E-state index in [4.69, 9.17) is 5.73 Å². The monoisotopic (exact) mass is 293 g/mol. The minimum atomic E-state index is 0.0441. The molecular formula is C13H15N3OS2. The average Bonchev–Trinajstić information content (AvgIpc) is 2.82. The second-order valence-corrected chi connectivity index (χ2v) is 6.17. The number of benzene rings is 1. The van der Waals surface area contributed by atoms with E-state index >= 15 is 0 Å². The molecule has 19 heavy (non-hydrogen) atoms. The lowest BCUT2D eigenvalue weighted by molar-refractivity contribution is -0.115. The highest BCUT2D eigenvalue weighted by atomic mass is 32.2. The summed E-state index contributed by atoms with van der Waals surface area (Å²) in [6, 6.07) is 7.25. The fourth-order valence-corrected chi connectivity index (χ4v) is 3.22. The van der Waals surface area contributed by atoms with Crippen LogP contribution in [0.2, 0.25) is 0 Å². The number of nitrogens with zero attached hydrogens (tertiary/aromatic N) is 2. The van der Waals surface area contributed by atoms with Gasteiger partial charge in [0.15, 0.2) is 4.34 Å². The van der Waals surface area contributed by atoms with Gasteiger partial charge in [0, 0.05) is 29.5 Å². The molecule has 2 aromatic rings. The number of anilines is 2. The first-order valence-electron chi connectivity index (χ1n) is 5.73. The molecule has 0 aliphatic rings. The molecule has 0 atom stereocenters. The summed E-state index contributed by atoms with van der Waals surface area (Å²) in [6.45, 7) is 1.95. The summed E-state index contributed by atoms with van der Waals surface area (Å²) in [5.74, 6) is 0.427. The Bertz CT molecular complexity index is 566. The molecule has 100 valence electrons. The number of hydrogen-bond donors (Lipinski definition) is 1. The molecule has 0 bridgehead atoms. The lowest BCUT2D eigenvalue weighted by Gasteiger charge is -2.16. The molecule has 2 rings (SSSR count). The third-order valence-electron chi connectivity index (χ3n) is 2.57. The van der Waals surface area contributed by atoms with Crippen molar-refractivity contribution in [1.82, 2.24) is 4.98 Å². The summed E-state index contributed by atoms with van der Waals surface area (Å²) >= 11 is 3.03. The number of rotatable bonds is 4. The van der Waals surface area contributed by atoms with Crippen LogP contribution in [0.4, 0.5) is 11.4 Å². The van der Waals surface area contributed by atoms with Gasteiger partial charge in [0.1, 0.15) is 0 Å². The van der Waals surface area contributed by atoms with E-state index in [0.29, 0.717) is 11.4 Å². The first-order valence-corrected chi connectivity index (χ1v) is 7.60. The number of carbonyl (C=O) groups is 1. The molecule has 0 radical (unpaired) electrons. The van der Waals surface area contributed by atoms with Gasteiger partial charge in [0.25, 0.3) is 0 Å². The maximum Gasteiger partial charge on any atom is 0.237 e. The second-order valence-electron chi connectivity index (χ2n) is 4.09. The van der Waals surface area contributed by atoms with Crippen LogP contribution < -0.4 is 10.6 Å². The lowest BCUT2D eigenvalue weighted by atomic mass is 10.2. The lowest BCUT2D eigenvalue weighted by Crippen LogP contribution is -2.27. The van der Waals surface area contributed by atoms with Crippen molar-refractivity contribution in [2.24, 2.45) is 0 Å². The van der Waals surface area contributed by atoms with E-state index in [-0.39, 0.29) is 5.91 Å². The van der Waals surface area contributed by atoms with Crippen LogP contribution in [-0.4, -0.2) is 23.7 Å². The van der Waals surface area contributed by atoms with Crippen molar-refractivity contribution in [3.8, 4) is 0 Å². The minimum Gasteiger partial charge on any atom is -0.399 e. The second kappa shape index (κ2) is 6.08. The van der Waals surface area contributed by atoms with E-state index in [1.807, 2.05) is 24.4 Å². The molecule has 2 N–H and O–H groups in total. The molecule has 0 saturated heterocycles. The quantitative estimate of drug-likeness (QED) is 0.695. The summed E-state index contributed by atoms with van der Waals surface area (Å²) in [6.07, 6.45) is 0. The maximum absolute atomic E-state index is 12.1. The van der Waals surface area contributed by atoms with Crippen molar-refractivity contribution in [2.45, 2.75) is 11.3 Å². The zero-order chi connectivity index (χ0) is 13.8. The zero-order valence-electron chi connectivity index (χ0n) is 10.8. The molecular weight excluding hydrogens is 278 g/mol. The van der Waals surface area contributed by atoms with E-state index in [1.165, 1.54) is 11.8 Å². The van der Waals surface area contributed by atoms with E-state index in [0.717, 1.165) is 15.7 Å². The van der Waals surface area contributed by atoms with Crippen molar-refractivity contribution in [3.63, 3.8) is 0 Å². The highest BCUT2D eigenvalue weighted by Crippen LogP contribution is 2.23. The molecule has 0 aliphatic heterocycles. The van der Waals surface area contributed by atoms with E-state index in [1.54, 1.807) is 35.4 Å². The summed E-state index contributed by atoms with van der Waals surface area (Å²) in [5.41, 5.74) is 8.15. The van der Waals surface area contributed by atoms with Crippen LogP contribution in [0.15, 0.2) is 34.0 Å². The number of nitrogen functional groups attached to an aromatic ring is 1. The molecule has 0 spiro atoms. The van der Waals surface area contributed by atoms with Crippen LogP contribution >= 0.6 is 23.1 Å². The summed E-state index contributed by atoms with van der Waals surface area (Å²) < 4.78 is 0.927. The number of thioether (sulfide) groups is 1. The van der Waals surface area contributed by atoms with Crippen molar-refractivity contribution in [3.05, 3.63) is 35.3 Å². The normalized spacial score (nSPS) is 10.4. The van der Waals surface area contributed by atoms with Crippen LogP contribution in [-0.2, 0) is 4.79 Å². The van der Waals surface area contributed by atoms with Gasteiger partial charge in [-0.1, -0.05) is 11.8 Å². The Hall–Kier alpha value is -1.53. The third kappa shape index (κ3) is 3.71. The van der Waals surface area contributed by atoms with E-state index in [2.05, 4.69) is 4.98 Å². The van der Waals surface area contributed by atoms with E-state index < -0.39 is 0 Å². The predicted molar refractivity (Wildman–Crippen MR) is 81.8 cm³/mol. The molecule has 0 saturated carbocycles. The largest absolute Gasteiger partial charge is 0.399 e. The van der Waals surface area contributed by atoms with Crippen molar-refractivity contribution < 1.29 is 4.79 Å². The van der Waals surface area contributed by atoms with Gasteiger partial charge < -0.3 is 10.6 Å². The Morgan fingerprint density at radius 3 is 2.68 bits per heavy atom. The van der Waals surface area contributed by atoms with Crippen LogP contribution in [0.25, 0.3) is 0 Å². The van der Waals surface area contributed by atoms with E-state index in [9.17, 15) is 4.79 Å². The topological polar surface area (TPSA) is 59.2 Å². The first-order chi connectivity index (χ1) is 9.06. The Labute approximate surface area is 120 Å². The van der Waals surface area contributed by atoms with Gasteiger partial charge in [-0.3, -0.25) is 4.79 Å². The number of aromatic nitrogens is 1. The molecule has 4 nitrogen and oxygen atoms in total. The Morgan fingerprint density at radius 2 is 2.11 bits per heavy atom. The van der Waals surface area contributed by atoms with Crippen LogP contribution in [0, 0.1) is 6.92 Å². The van der Waals surface area contributed by atoms with Gasteiger partial charge >= 0.3 is 0 Å². The first kappa shape index (κ1) is 13.9. The summed E-state index contributed by atoms with van der Waals surface area (Å²) in [4.78, 5) is 18.0. The Morgan fingerprint density at radius 1 is 1.42 bits per heavy atom. The fraction of sp³-hybridized carbons (Fsp3) is 0.231. The molecule has 1 aromatic heterocycles. The highest BCUT2D eigenvalue weighted by Gasteiger charge is 2.12. The predicted octanol–water partition coefficient (Wildman–Crippen LogP) is 2.79. The van der Waals surface area contributed by atoms with Gasteiger partial charge in [-0.15, -0.1) is 11.3 Å². The van der Waals surface area contributed by atoms with Gasteiger partial charge in [0.05, 0.1) is 5.75 Å². The van der Waals surface area contributed by atoms with Crippen LogP contribution in [0.3, 0.4) is 0 Å². The third-order valence-corrected chi connectivity index (χ3v) is 4.70. The highest BCUT2D eigenvalue weighted by molar-refractivity contribution is 8.01. The Balaban J connectivity index is 1.94. The van der Waals surface area contributed by atoms with Crippen molar-refractivity contribution in [2.75, 3.05) is 23.4 Å². The van der Waals surface area contributed by atoms with Gasteiger partial charge in [0.2, 0.25) is 5.91 Å². The number of thiazole rings is 1. The standard InChI is InChI=1S/C13H15N3OS2/c1-9-7-18-13(15-9)19-8-12(17)16(2)11-5-3-10(14)4-6-11/h3-7H,8,14H2,1-2H3. The molecule has 0 fully saturated rings. The van der Waals surface area contributed by atoms with Gasteiger partial charge in [-0.25, -0.2) is 4.98 Å². The number of carbonyl (C=O) groups excluding carboxylic acids is 1. The number of hydrogen-bond acceptors (Lipinski definition) is 5. The van der Waals surface area contributed by atoms with Crippen molar-refractivity contribution >= 4 is 40.4 Å². The fourth-order valence-electron chi connectivity index (χ4n) is 1.46. The molecule has 0 unspecified atom stereocenters. The van der Waals surface area contributed by atoms with Gasteiger partial charge in [-0.2, -0.15) is 0 Å². The maximum atomic E-state index is 12.1. The van der Waals surface area contributed by atoms with Crippen molar-refractivity contribution in [1.29, 1.82) is 0 Å². The molecule has 0 aliphatic carbocycles. The Kier molecular flexibility index (Phi) is 4.44. The molecule has 6 heteroatoms. The van der Waals surface area contributed by atoms with Crippen LogP contribution in [0.1, 0.15) is 5.69 Å².